The number of anilines is 1. The molecule has 0 aromatic heterocycles. The molecular weight excluding hydrogens is 470 g/mol. The van der Waals surface area contributed by atoms with Crippen LogP contribution in [0.15, 0.2) is 72.8 Å². The molecular formula is C29H31N3O5. The summed E-state index contributed by atoms with van der Waals surface area (Å²) in [5, 5.41) is 5.76. The molecule has 3 aromatic carbocycles. The minimum absolute atomic E-state index is 0.258. The molecule has 8 heteroatoms. The van der Waals surface area contributed by atoms with Crippen LogP contribution >= 0.6 is 0 Å². The summed E-state index contributed by atoms with van der Waals surface area (Å²) >= 11 is 0. The van der Waals surface area contributed by atoms with Crippen molar-refractivity contribution < 1.29 is 23.9 Å². The fourth-order valence-electron chi connectivity index (χ4n) is 4.18. The Morgan fingerprint density at radius 2 is 1.76 bits per heavy atom. The maximum Gasteiger partial charge on any atom is 0.411 e. The zero-order valence-corrected chi connectivity index (χ0v) is 21.2. The zero-order chi connectivity index (χ0) is 26.4. The van der Waals surface area contributed by atoms with Crippen LogP contribution in [0.1, 0.15) is 46.5 Å². The summed E-state index contributed by atoms with van der Waals surface area (Å²) in [6.45, 7) is 4.72. The van der Waals surface area contributed by atoms with Gasteiger partial charge in [-0.3, -0.25) is 14.5 Å². The SMILES string of the molecule is CCCNC(=O)[C@@H]1[C@H](c2ccc(NC(=O)c3cccc(OC)c3)cc2)OC(=O)N1Cc1ccc(C)cc1. The lowest BCUT2D eigenvalue weighted by Crippen LogP contribution is -2.46. The van der Waals surface area contributed by atoms with Crippen LogP contribution in [0.4, 0.5) is 10.5 Å². The number of nitrogens with zero attached hydrogens (tertiary/aromatic N) is 1. The third kappa shape index (κ3) is 6.09. The maximum atomic E-state index is 13.2. The van der Waals surface area contributed by atoms with E-state index in [1.54, 1.807) is 55.6 Å². The Labute approximate surface area is 216 Å². The van der Waals surface area contributed by atoms with Crippen LogP contribution in [0.3, 0.4) is 0 Å². The van der Waals surface area contributed by atoms with Crippen LogP contribution in [0.2, 0.25) is 0 Å². The highest BCUT2D eigenvalue weighted by Crippen LogP contribution is 2.34. The van der Waals surface area contributed by atoms with Gasteiger partial charge in [-0.2, -0.15) is 0 Å². The Kier molecular flexibility index (Phi) is 8.08. The standard InChI is InChI=1S/C29H31N3O5/c1-4-16-30-28(34)25-26(37-29(35)32(25)18-20-10-8-19(2)9-11-20)21-12-14-23(15-13-21)31-27(33)22-6-5-7-24(17-22)36-3/h5-15,17,25-26H,4,16,18H2,1-3H3,(H,30,34)(H,31,33)/t25-,26-/m0/s1. The third-order valence-electron chi connectivity index (χ3n) is 6.21. The van der Waals surface area contributed by atoms with Crippen molar-refractivity contribution in [3.63, 3.8) is 0 Å². The van der Waals surface area contributed by atoms with Crippen molar-refractivity contribution in [1.82, 2.24) is 10.2 Å². The minimum atomic E-state index is -0.822. The summed E-state index contributed by atoms with van der Waals surface area (Å²) < 4.78 is 10.9. The number of ether oxygens (including phenoxy) is 2. The molecule has 1 saturated heterocycles. The number of carbonyl (C=O) groups excluding carboxylic acids is 3. The van der Waals surface area contributed by atoms with Gasteiger partial charge in [0.2, 0.25) is 5.91 Å². The zero-order valence-electron chi connectivity index (χ0n) is 21.2. The van der Waals surface area contributed by atoms with Crippen LogP contribution < -0.4 is 15.4 Å². The molecule has 8 nitrogen and oxygen atoms in total. The molecule has 0 saturated carbocycles. The van der Waals surface area contributed by atoms with Crippen molar-refractivity contribution in [2.45, 2.75) is 39.0 Å². The minimum Gasteiger partial charge on any atom is -0.497 e. The molecule has 192 valence electrons. The van der Waals surface area contributed by atoms with Crippen molar-refractivity contribution in [3.8, 4) is 5.75 Å². The van der Waals surface area contributed by atoms with Gasteiger partial charge in [0.1, 0.15) is 5.75 Å². The van der Waals surface area contributed by atoms with E-state index >= 15 is 0 Å². The number of hydrogen-bond acceptors (Lipinski definition) is 5. The van der Waals surface area contributed by atoms with E-state index in [1.807, 2.05) is 38.1 Å². The van der Waals surface area contributed by atoms with E-state index in [2.05, 4.69) is 10.6 Å². The Morgan fingerprint density at radius 1 is 1.03 bits per heavy atom. The molecule has 0 aliphatic carbocycles. The smallest absolute Gasteiger partial charge is 0.411 e. The summed E-state index contributed by atoms with van der Waals surface area (Å²) in [7, 11) is 1.54. The number of methoxy groups -OCH3 is 1. The van der Waals surface area contributed by atoms with Gasteiger partial charge in [-0.1, -0.05) is 55.0 Å². The van der Waals surface area contributed by atoms with Gasteiger partial charge < -0.3 is 20.1 Å². The number of hydrogen-bond donors (Lipinski definition) is 2. The predicted molar refractivity (Wildman–Crippen MR) is 140 cm³/mol. The molecule has 37 heavy (non-hydrogen) atoms. The number of aryl methyl sites for hydroxylation is 1. The monoisotopic (exact) mass is 501 g/mol. The van der Waals surface area contributed by atoms with Crippen LogP contribution in [0.25, 0.3) is 0 Å². The van der Waals surface area contributed by atoms with Crippen molar-refractivity contribution in [2.24, 2.45) is 0 Å². The van der Waals surface area contributed by atoms with Crippen molar-refractivity contribution in [1.29, 1.82) is 0 Å². The lowest BCUT2D eigenvalue weighted by Gasteiger charge is -2.24. The highest BCUT2D eigenvalue weighted by atomic mass is 16.6. The van der Waals surface area contributed by atoms with Gasteiger partial charge in [-0.25, -0.2) is 4.79 Å². The van der Waals surface area contributed by atoms with E-state index < -0.39 is 18.2 Å². The number of rotatable bonds is 9. The lowest BCUT2D eigenvalue weighted by atomic mass is 10.00. The van der Waals surface area contributed by atoms with Crippen molar-refractivity contribution in [2.75, 3.05) is 19.0 Å². The number of cyclic esters (lactones) is 1. The number of amides is 3. The second-order valence-corrected chi connectivity index (χ2v) is 8.96. The van der Waals surface area contributed by atoms with Crippen LogP contribution in [0.5, 0.6) is 5.75 Å². The first-order valence-corrected chi connectivity index (χ1v) is 12.3. The molecule has 0 unspecified atom stereocenters. The third-order valence-corrected chi connectivity index (χ3v) is 6.21. The highest BCUT2D eigenvalue weighted by molar-refractivity contribution is 6.04. The molecule has 2 N–H and O–H groups in total. The van der Waals surface area contributed by atoms with Gasteiger partial charge in [-0.05, 0) is 54.8 Å². The highest BCUT2D eigenvalue weighted by Gasteiger charge is 2.46. The number of carbonyl (C=O) groups is 3. The fraction of sp³-hybridized carbons (Fsp3) is 0.276. The fourth-order valence-corrected chi connectivity index (χ4v) is 4.18. The average molecular weight is 502 g/mol. The Hall–Kier alpha value is -4.33. The van der Waals surface area contributed by atoms with Gasteiger partial charge in [0, 0.05) is 17.8 Å². The summed E-state index contributed by atoms with van der Waals surface area (Å²) in [4.78, 5) is 40.2. The largest absolute Gasteiger partial charge is 0.497 e. The molecule has 1 fully saturated rings. The normalized spacial score (nSPS) is 16.7. The first-order chi connectivity index (χ1) is 17.9. The van der Waals surface area contributed by atoms with Crippen molar-refractivity contribution >= 4 is 23.6 Å². The Balaban J connectivity index is 1.53. The van der Waals surface area contributed by atoms with E-state index in [0.29, 0.717) is 29.1 Å². The van der Waals surface area contributed by atoms with E-state index in [0.717, 1.165) is 17.5 Å². The average Bonchev–Trinajstić information content (AvgIpc) is 3.24. The van der Waals surface area contributed by atoms with E-state index in [9.17, 15) is 14.4 Å². The topological polar surface area (TPSA) is 97.0 Å². The van der Waals surface area contributed by atoms with Crippen molar-refractivity contribution in [3.05, 3.63) is 95.1 Å². The summed E-state index contributed by atoms with van der Waals surface area (Å²) in [6, 6.07) is 20.8. The molecule has 3 aromatic rings. The maximum absolute atomic E-state index is 13.2. The van der Waals surface area contributed by atoms with Crippen LogP contribution in [-0.4, -0.2) is 42.5 Å². The summed E-state index contributed by atoms with van der Waals surface area (Å²) in [6.07, 6.45) is -0.548. The lowest BCUT2D eigenvalue weighted by molar-refractivity contribution is -0.126. The van der Waals surface area contributed by atoms with E-state index in [-0.39, 0.29) is 18.4 Å². The van der Waals surface area contributed by atoms with Crippen LogP contribution in [0, 0.1) is 6.92 Å². The Morgan fingerprint density at radius 3 is 2.43 bits per heavy atom. The number of nitrogens with one attached hydrogen (secondary N) is 2. The van der Waals surface area contributed by atoms with Gasteiger partial charge >= 0.3 is 6.09 Å². The second kappa shape index (κ2) is 11.6. The van der Waals surface area contributed by atoms with E-state index in [1.165, 1.54) is 4.90 Å². The molecule has 2 atom stereocenters. The molecule has 0 spiro atoms. The molecule has 4 rings (SSSR count). The quantitative estimate of drug-likeness (QED) is 0.437. The first kappa shape index (κ1) is 25.8. The number of benzene rings is 3. The molecule has 0 radical (unpaired) electrons. The van der Waals surface area contributed by atoms with E-state index in [4.69, 9.17) is 9.47 Å². The second-order valence-electron chi connectivity index (χ2n) is 8.96. The summed E-state index contributed by atoms with van der Waals surface area (Å²) in [5.74, 6) is 0.0499. The molecule has 3 amide bonds. The molecule has 1 aliphatic heterocycles. The van der Waals surface area contributed by atoms with Gasteiger partial charge in [0.15, 0.2) is 12.1 Å². The molecule has 1 heterocycles. The van der Waals surface area contributed by atoms with Crippen LogP contribution in [-0.2, 0) is 16.1 Å². The first-order valence-electron chi connectivity index (χ1n) is 12.3. The molecule has 0 bridgehead atoms. The molecule has 1 aliphatic rings. The Bertz CT molecular complexity index is 1260. The van der Waals surface area contributed by atoms with Gasteiger partial charge in [0.25, 0.3) is 5.91 Å². The van der Waals surface area contributed by atoms with Gasteiger partial charge in [0.05, 0.1) is 13.7 Å². The predicted octanol–water partition coefficient (Wildman–Crippen LogP) is 4.84. The van der Waals surface area contributed by atoms with Gasteiger partial charge in [-0.15, -0.1) is 0 Å². The summed E-state index contributed by atoms with van der Waals surface area (Å²) in [5.41, 5.74) is 3.72.